The molecule has 1 fully saturated rings. The van der Waals surface area contributed by atoms with Crippen molar-refractivity contribution in [3.05, 3.63) is 88.2 Å². The Balaban J connectivity index is 1.69. The van der Waals surface area contributed by atoms with Gasteiger partial charge in [0, 0.05) is 35.7 Å². The van der Waals surface area contributed by atoms with Crippen molar-refractivity contribution in [2.45, 2.75) is 13.0 Å². The summed E-state index contributed by atoms with van der Waals surface area (Å²) in [6, 6.07) is 13.0. The molecule has 0 radical (unpaired) electrons. The second-order valence-electron chi connectivity index (χ2n) is 8.34. The summed E-state index contributed by atoms with van der Waals surface area (Å²) in [6.45, 7) is 3.13. The second kappa shape index (κ2) is 8.50. The van der Waals surface area contributed by atoms with Crippen LogP contribution >= 0.6 is 11.6 Å². The quantitative estimate of drug-likeness (QED) is 0.341. The summed E-state index contributed by atoms with van der Waals surface area (Å²) in [6.07, 6.45) is 3.17. The minimum atomic E-state index is -0.841. The first-order valence-corrected chi connectivity index (χ1v) is 11.2. The van der Waals surface area contributed by atoms with Crippen molar-refractivity contribution in [3.8, 4) is 5.75 Å². The molecule has 8 heteroatoms. The van der Waals surface area contributed by atoms with Gasteiger partial charge in [-0.15, -0.1) is 0 Å². The highest BCUT2D eigenvalue weighted by atomic mass is 35.5. The Kier molecular flexibility index (Phi) is 5.49. The largest absolute Gasteiger partial charge is 0.507 e. The number of pyridine rings is 1. The third kappa shape index (κ3) is 3.58. The number of nitrogens with zero attached hydrogens (tertiary/aromatic N) is 3. The molecule has 1 N–H and O–H groups in total. The first-order valence-electron chi connectivity index (χ1n) is 10.8. The van der Waals surface area contributed by atoms with Crippen LogP contribution in [0.25, 0.3) is 5.76 Å². The number of hydrogen-bond acceptors (Lipinski definition) is 6. The Labute approximate surface area is 201 Å². The summed E-state index contributed by atoms with van der Waals surface area (Å²) in [7, 11) is 1.93. The predicted molar refractivity (Wildman–Crippen MR) is 130 cm³/mol. The van der Waals surface area contributed by atoms with E-state index in [9.17, 15) is 14.7 Å². The molecule has 3 heterocycles. The lowest BCUT2D eigenvalue weighted by Gasteiger charge is -2.28. The van der Waals surface area contributed by atoms with Crippen LogP contribution in [-0.2, 0) is 9.59 Å². The van der Waals surface area contributed by atoms with Gasteiger partial charge in [0.15, 0.2) is 0 Å². The topological polar surface area (TPSA) is 83.0 Å². The molecular weight excluding hydrogens is 454 g/mol. The molecule has 0 spiro atoms. The lowest BCUT2D eigenvalue weighted by Crippen LogP contribution is -2.29. The molecule has 172 valence electrons. The van der Waals surface area contributed by atoms with Crippen molar-refractivity contribution in [2.24, 2.45) is 0 Å². The zero-order valence-corrected chi connectivity index (χ0v) is 19.4. The molecule has 1 saturated heterocycles. The molecule has 2 aromatic carbocycles. The summed E-state index contributed by atoms with van der Waals surface area (Å²) in [5.41, 5.74) is 3.20. The van der Waals surface area contributed by atoms with E-state index >= 15 is 0 Å². The van der Waals surface area contributed by atoms with E-state index in [-0.39, 0.29) is 11.3 Å². The van der Waals surface area contributed by atoms with E-state index in [2.05, 4.69) is 4.98 Å². The highest BCUT2D eigenvalue weighted by molar-refractivity contribution is 6.51. The molecule has 1 amide bonds. The first-order chi connectivity index (χ1) is 16.4. The van der Waals surface area contributed by atoms with Crippen LogP contribution in [-0.4, -0.2) is 42.0 Å². The van der Waals surface area contributed by atoms with Crippen molar-refractivity contribution in [3.63, 3.8) is 0 Å². The number of hydrogen-bond donors (Lipinski definition) is 1. The Bertz CT molecular complexity index is 1340. The van der Waals surface area contributed by atoms with Crippen LogP contribution in [0.2, 0.25) is 5.02 Å². The van der Waals surface area contributed by atoms with E-state index < -0.39 is 17.7 Å². The van der Waals surface area contributed by atoms with Gasteiger partial charge in [0.2, 0.25) is 0 Å². The monoisotopic (exact) mass is 475 g/mol. The van der Waals surface area contributed by atoms with Gasteiger partial charge in [0.1, 0.15) is 18.1 Å². The minimum Gasteiger partial charge on any atom is -0.507 e. The van der Waals surface area contributed by atoms with Crippen LogP contribution in [0.4, 0.5) is 11.4 Å². The molecule has 34 heavy (non-hydrogen) atoms. The molecule has 5 rings (SSSR count). The predicted octanol–water partition coefficient (Wildman–Crippen LogP) is 4.50. The number of carbonyl (C=O) groups excluding carboxylic acids is 2. The number of aliphatic hydroxyl groups excluding tert-OH is 1. The molecule has 1 aromatic heterocycles. The average Bonchev–Trinajstić information content (AvgIpc) is 3.11. The Hall–Kier alpha value is -3.84. The maximum Gasteiger partial charge on any atom is 0.300 e. The molecule has 0 saturated carbocycles. The second-order valence-corrected chi connectivity index (χ2v) is 8.74. The number of amides is 1. The van der Waals surface area contributed by atoms with Crippen LogP contribution in [0.15, 0.2) is 66.5 Å². The van der Waals surface area contributed by atoms with Gasteiger partial charge in [0.05, 0.1) is 23.8 Å². The third-order valence-corrected chi connectivity index (χ3v) is 6.63. The smallest absolute Gasteiger partial charge is 0.300 e. The standard InChI is InChI=1S/C26H22ClN3O4/c1-15-3-5-18(14-19(15)27)30-23(16-7-9-28-10-8-16)22(25(32)26(30)33)24(31)17-4-6-21-20(13-17)29(2)11-12-34-21/h3-10,13-14,23,31H,11-12H2,1-2H3/b24-22-. The minimum absolute atomic E-state index is 0.00669. The Morgan fingerprint density at radius 3 is 2.62 bits per heavy atom. The summed E-state index contributed by atoms with van der Waals surface area (Å²) >= 11 is 6.34. The Morgan fingerprint density at radius 1 is 1.12 bits per heavy atom. The lowest BCUT2D eigenvalue weighted by molar-refractivity contribution is -0.132. The fraction of sp³-hybridized carbons (Fsp3) is 0.192. The van der Waals surface area contributed by atoms with Crippen LogP contribution in [0.1, 0.15) is 22.7 Å². The van der Waals surface area contributed by atoms with E-state index in [1.807, 2.05) is 18.9 Å². The number of anilines is 2. The summed E-state index contributed by atoms with van der Waals surface area (Å²) in [5, 5.41) is 11.8. The molecule has 0 aliphatic carbocycles. The number of ether oxygens (including phenoxy) is 1. The van der Waals surface area contributed by atoms with Crippen LogP contribution in [0.5, 0.6) is 5.75 Å². The molecule has 2 aliphatic rings. The number of likely N-dealkylation sites (N-methyl/N-ethyl adjacent to an activating group) is 1. The number of aliphatic hydroxyl groups is 1. The van der Waals surface area contributed by atoms with Crippen LogP contribution in [0, 0.1) is 6.92 Å². The maximum atomic E-state index is 13.3. The van der Waals surface area contributed by atoms with Gasteiger partial charge in [-0.25, -0.2) is 0 Å². The summed E-state index contributed by atoms with van der Waals surface area (Å²) in [5.74, 6) is -1.05. The molecule has 1 unspecified atom stereocenters. The van der Waals surface area contributed by atoms with Crippen LogP contribution < -0.4 is 14.5 Å². The third-order valence-electron chi connectivity index (χ3n) is 6.23. The fourth-order valence-corrected chi connectivity index (χ4v) is 4.52. The van der Waals surface area contributed by atoms with Gasteiger partial charge in [0.25, 0.3) is 11.7 Å². The zero-order chi connectivity index (χ0) is 24.0. The van der Waals surface area contributed by atoms with Crippen molar-refractivity contribution in [1.82, 2.24) is 4.98 Å². The maximum absolute atomic E-state index is 13.3. The zero-order valence-electron chi connectivity index (χ0n) is 18.7. The van der Waals surface area contributed by atoms with Gasteiger partial charge in [-0.3, -0.25) is 19.5 Å². The number of fused-ring (bicyclic) bond motifs is 1. The fourth-order valence-electron chi connectivity index (χ4n) is 4.35. The normalized spacial score (nSPS) is 19.2. The number of aryl methyl sites for hydroxylation is 1. The van der Waals surface area contributed by atoms with E-state index in [0.717, 1.165) is 11.3 Å². The summed E-state index contributed by atoms with van der Waals surface area (Å²) in [4.78, 5) is 34.0. The lowest BCUT2D eigenvalue weighted by atomic mass is 9.95. The molecular formula is C26H22ClN3O4. The van der Waals surface area contributed by atoms with Gasteiger partial charge >= 0.3 is 0 Å². The number of rotatable bonds is 3. The Morgan fingerprint density at radius 2 is 1.88 bits per heavy atom. The molecule has 0 bridgehead atoms. The van der Waals surface area contributed by atoms with Crippen molar-refractivity contribution < 1.29 is 19.4 Å². The van der Waals surface area contributed by atoms with Crippen molar-refractivity contribution in [1.29, 1.82) is 0 Å². The first kappa shape index (κ1) is 22.0. The number of halogens is 1. The van der Waals surface area contributed by atoms with Crippen LogP contribution in [0.3, 0.4) is 0 Å². The molecule has 7 nitrogen and oxygen atoms in total. The number of carbonyl (C=O) groups is 2. The van der Waals surface area contributed by atoms with E-state index in [4.69, 9.17) is 16.3 Å². The van der Waals surface area contributed by atoms with E-state index in [1.54, 1.807) is 60.9 Å². The highest BCUT2D eigenvalue weighted by Gasteiger charge is 2.47. The number of Topliss-reactive ketones (excluding diaryl/α,β-unsaturated/α-hetero) is 1. The summed E-state index contributed by atoms with van der Waals surface area (Å²) < 4.78 is 5.69. The SMILES string of the molecule is Cc1ccc(N2C(=O)C(=O)/C(=C(\O)c3ccc4c(c3)N(C)CCO4)C2c2ccncc2)cc1Cl. The molecule has 1 atom stereocenters. The van der Waals surface area contributed by atoms with Gasteiger partial charge < -0.3 is 14.7 Å². The van der Waals surface area contributed by atoms with Crippen molar-refractivity contribution >= 4 is 40.4 Å². The van der Waals surface area contributed by atoms with Gasteiger partial charge in [-0.05, 0) is 60.5 Å². The number of aromatic nitrogens is 1. The highest BCUT2D eigenvalue weighted by Crippen LogP contribution is 2.43. The van der Waals surface area contributed by atoms with Gasteiger partial charge in [-0.1, -0.05) is 17.7 Å². The van der Waals surface area contributed by atoms with E-state index in [1.165, 1.54) is 4.90 Å². The van der Waals surface area contributed by atoms with E-state index in [0.29, 0.717) is 40.7 Å². The molecule has 3 aromatic rings. The average molecular weight is 476 g/mol. The molecule has 2 aliphatic heterocycles. The number of benzene rings is 2. The van der Waals surface area contributed by atoms with Gasteiger partial charge in [-0.2, -0.15) is 0 Å². The number of ketones is 1. The van der Waals surface area contributed by atoms with Crippen molar-refractivity contribution in [2.75, 3.05) is 30.0 Å².